The first-order valence-corrected chi connectivity index (χ1v) is 5.56. The lowest BCUT2D eigenvalue weighted by Gasteiger charge is -2.24. The predicted octanol–water partition coefficient (Wildman–Crippen LogP) is 2.56. The van der Waals surface area contributed by atoms with Gasteiger partial charge >= 0.3 is 6.18 Å². The number of hydrogen-bond acceptors (Lipinski definition) is 2. The number of hydrogen-bond donors (Lipinski definition) is 1. The largest absolute Gasteiger partial charge is 0.416 e. The second-order valence-electron chi connectivity index (χ2n) is 4.24. The smallest absolute Gasteiger partial charge is 0.312 e. The van der Waals surface area contributed by atoms with Crippen molar-refractivity contribution in [1.29, 1.82) is 0 Å². The lowest BCUT2D eigenvalue weighted by atomic mass is 10.1. The Bertz CT molecular complexity index is 384. The summed E-state index contributed by atoms with van der Waals surface area (Å²) >= 11 is 0. The Morgan fingerprint density at radius 3 is 2.47 bits per heavy atom. The van der Waals surface area contributed by atoms with Crippen molar-refractivity contribution in [3.8, 4) is 0 Å². The zero-order valence-corrected chi connectivity index (χ0v) is 9.30. The quantitative estimate of drug-likeness (QED) is 0.865. The molecule has 2 N–H and O–H groups in total. The molecule has 1 aromatic rings. The minimum absolute atomic E-state index is 0.462. The highest BCUT2D eigenvalue weighted by Gasteiger charge is 2.31. The highest BCUT2D eigenvalue weighted by Crippen LogP contribution is 2.31. The maximum absolute atomic E-state index is 12.5. The topological polar surface area (TPSA) is 29.3 Å². The van der Waals surface area contributed by atoms with Gasteiger partial charge in [0, 0.05) is 0 Å². The third kappa shape index (κ3) is 2.79. The van der Waals surface area contributed by atoms with Gasteiger partial charge in [0.15, 0.2) is 0 Å². The molecule has 0 saturated carbocycles. The van der Waals surface area contributed by atoms with Crippen molar-refractivity contribution >= 4 is 0 Å². The number of halogens is 3. The summed E-state index contributed by atoms with van der Waals surface area (Å²) < 4.78 is 37.6. The Kier molecular flexibility index (Phi) is 3.40. The van der Waals surface area contributed by atoms with Crippen LogP contribution in [0, 0.1) is 6.07 Å². The summed E-state index contributed by atoms with van der Waals surface area (Å²) in [6, 6.07) is 6.10. The molecular weight excluding hydrogens is 229 g/mol. The summed E-state index contributed by atoms with van der Waals surface area (Å²) in [4.78, 5) is 1.99. The van der Waals surface area contributed by atoms with Gasteiger partial charge in [0.25, 0.3) is 0 Å². The number of nitrogens with two attached hydrogens (primary N) is 1. The van der Waals surface area contributed by atoms with Gasteiger partial charge < -0.3 is 5.73 Å². The predicted molar refractivity (Wildman–Crippen MR) is 58.0 cm³/mol. The van der Waals surface area contributed by atoms with Crippen molar-refractivity contribution in [2.24, 2.45) is 5.73 Å². The van der Waals surface area contributed by atoms with Crippen molar-refractivity contribution in [1.82, 2.24) is 4.90 Å². The molecule has 0 spiro atoms. The van der Waals surface area contributed by atoms with Crippen LogP contribution < -0.4 is 5.73 Å². The highest BCUT2D eigenvalue weighted by atomic mass is 19.4. The monoisotopic (exact) mass is 243 g/mol. The van der Waals surface area contributed by atoms with Gasteiger partial charge in [-0.05, 0) is 55.8 Å². The third-order valence-electron chi connectivity index (χ3n) is 3.01. The van der Waals surface area contributed by atoms with E-state index in [-0.39, 0.29) is 0 Å². The zero-order chi connectivity index (χ0) is 12.5. The summed E-state index contributed by atoms with van der Waals surface area (Å²) in [6.45, 7) is 1.69. The summed E-state index contributed by atoms with van der Waals surface area (Å²) in [5.41, 5.74) is 5.73. The molecule has 1 aliphatic rings. The van der Waals surface area contributed by atoms with Crippen LogP contribution in [0.2, 0.25) is 0 Å². The molecule has 5 heteroatoms. The van der Waals surface area contributed by atoms with Crippen molar-refractivity contribution in [3.63, 3.8) is 0 Å². The van der Waals surface area contributed by atoms with Gasteiger partial charge in [-0.15, -0.1) is 0 Å². The van der Waals surface area contributed by atoms with E-state index >= 15 is 0 Å². The first-order valence-electron chi connectivity index (χ1n) is 5.56. The third-order valence-corrected chi connectivity index (χ3v) is 3.01. The fourth-order valence-corrected chi connectivity index (χ4v) is 2.06. The van der Waals surface area contributed by atoms with Gasteiger partial charge in [0.2, 0.25) is 0 Å². The molecule has 93 valence electrons. The normalized spacial score (nSPS) is 19.5. The molecule has 0 aromatic heterocycles. The number of rotatable bonds is 2. The molecule has 1 aliphatic heterocycles. The summed E-state index contributed by atoms with van der Waals surface area (Å²) in [7, 11) is 0. The van der Waals surface area contributed by atoms with Gasteiger partial charge in [0.05, 0.1) is 11.7 Å². The van der Waals surface area contributed by atoms with E-state index in [0.29, 0.717) is 5.56 Å². The molecule has 1 fully saturated rings. The second-order valence-corrected chi connectivity index (χ2v) is 4.24. The molecule has 1 unspecified atom stereocenters. The van der Waals surface area contributed by atoms with Crippen LogP contribution in [0.15, 0.2) is 18.2 Å². The Balaban J connectivity index is 2.20. The van der Waals surface area contributed by atoms with Crippen molar-refractivity contribution in [2.75, 3.05) is 13.1 Å². The Labute approximate surface area is 98.2 Å². The molecule has 1 saturated heterocycles. The fraction of sp³-hybridized carbons (Fsp3) is 0.500. The van der Waals surface area contributed by atoms with E-state index < -0.39 is 17.9 Å². The van der Waals surface area contributed by atoms with Crippen LogP contribution in [-0.4, -0.2) is 18.0 Å². The van der Waals surface area contributed by atoms with E-state index in [9.17, 15) is 13.2 Å². The maximum atomic E-state index is 12.5. The lowest BCUT2D eigenvalue weighted by Crippen LogP contribution is -2.32. The fourth-order valence-electron chi connectivity index (χ4n) is 2.06. The zero-order valence-electron chi connectivity index (χ0n) is 9.30. The first kappa shape index (κ1) is 12.4. The van der Waals surface area contributed by atoms with Crippen LogP contribution >= 0.6 is 0 Å². The van der Waals surface area contributed by atoms with Gasteiger partial charge in [0.1, 0.15) is 0 Å². The Morgan fingerprint density at radius 1 is 1.24 bits per heavy atom. The molecule has 1 radical (unpaired) electrons. The number of benzene rings is 1. The molecule has 0 aliphatic carbocycles. The van der Waals surface area contributed by atoms with Crippen LogP contribution in [0.1, 0.15) is 30.1 Å². The molecule has 17 heavy (non-hydrogen) atoms. The van der Waals surface area contributed by atoms with E-state index in [0.717, 1.165) is 38.1 Å². The van der Waals surface area contributed by atoms with Crippen LogP contribution in [-0.2, 0) is 6.18 Å². The molecule has 1 heterocycles. The minimum Gasteiger partial charge on any atom is -0.312 e. The minimum atomic E-state index is -4.34. The maximum Gasteiger partial charge on any atom is 0.416 e. The standard InChI is InChI=1S/C12H14F3N2/c13-12(14,15)10-5-3-4-9(8-10)11(16)17-6-1-2-7-17/h4-5,8,11H,1-2,6-7,16H2. The molecule has 0 bridgehead atoms. The van der Waals surface area contributed by atoms with Gasteiger partial charge in [-0.1, -0.05) is 0 Å². The number of likely N-dealkylation sites (tertiary alicyclic amines) is 1. The summed E-state index contributed by atoms with van der Waals surface area (Å²) in [5.74, 6) is 0. The summed E-state index contributed by atoms with van der Waals surface area (Å²) in [6.07, 6.45) is -2.69. The first-order chi connectivity index (χ1) is 7.98. The van der Waals surface area contributed by atoms with Crippen molar-refractivity contribution in [2.45, 2.75) is 25.2 Å². The summed E-state index contributed by atoms with van der Waals surface area (Å²) in [5, 5.41) is 0. The van der Waals surface area contributed by atoms with Crippen molar-refractivity contribution < 1.29 is 13.2 Å². The van der Waals surface area contributed by atoms with E-state index in [4.69, 9.17) is 5.73 Å². The average molecular weight is 243 g/mol. The number of alkyl halides is 3. The van der Waals surface area contributed by atoms with E-state index in [2.05, 4.69) is 6.07 Å². The Hall–Kier alpha value is -1.07. The Morgan fingerprint density at radius 2 is 1.88 bits per heavy atom. The van der Waals surface area contributed by atoms with Crippen LogP contribution in [0.5, 0.6) is 0 Å². The molecule has 0 amide bonds. The van der Waals surface area contributed by atoms with Crippen LogP contribution in [0.4, 0.5) is 13.2 Å². The van der Waals surface area contributed by atoms with Gasteiger partial charge in [-0.2, -0.15) is 13.2 Å². The van der Waals surface area contributed by atoms with Crippen molar-refractivity contribution in [3.05, 3.63) is 35.4 Å². The highest BCUT2D eigenvalue weighted by molar-refractivity contribution is 5.27. The van der Waals surface area contributed by atoms with Gasteiger partial charge in [-0.25, -0.2) is 0 Å². The second kappa shape index (κ2) is 4.66. The van der Waals surface area contributed by atoms with E-state index in [1.165, 1.54) is 6.07 Å². The number of nitrogens with zero attached hydrogens (tertiary/aromatic N) is 1. The van der Waals surface area contributed by atoms with Crippen LogP contribution in [0.3, 0.4) is 0 Å². The molecule has 2 nitrogen and oxygen atoms in total. The molecule has 1 aromatic carbocycles. The van der Waals surface area contributed by atoms with Crippen LogP contribution in [0.25, 0.3) is 0 Å². The molecule has 2 rings (SSSR count). The van der Waals surface area contributed by atoms with E-state index in [1.54, 1.807) is 0 Å². The van der Waals surface area contributed by atoms with Gasteiger partial charge in [-0.3, -0.25) is 4.90 Å². The molecule has 1 atom stereocenters. The molecular formula is C12H14F3N2. The lowest BCUT2D eigenvalue weighted by molar-refractivity contribution is -0.137. The average Bonchev–Trinajstić information content (AvgIpc) is 2.80. The SMILES string of the molecule is NC(c1c[c]cc(C(F)(F)F)c1)N1CCCC1. The van der Waals surface area contributed by atoms with E-state index in [1.807, 2.05) is 4.90 Å².